The highest BCUT2D eigenvalue weighted by Gasteiger charge is 2.46. The van der Waals surface area contributed by atoms with Crippen molar-refractivity contribution in [2.24, 2.45) is 11.3 Å². The number of carbonyl (C=O) groups is 2. The first kappa shape index (κ1) is 20.5. The van der Waals surface area contributed by atoms with E-state index in [2.05, 4.69) is 5.92 Å². The maximum absolute atomic E-state index is 11.2. The van der Waals surface area contributed by atoms with Crippen LogP contribution in [0, 0.1) is 23.7 Å². The first-order valence-electron chi connectivity index (χ1n) is 8.27. The predicted molar refractivity (Wildman–Crippen MR) is 87.5 cm³/mol. The molecule has 0 aromatic carbocycles. The fourth-order valence-corrected chi connectivity index (χ4v) is 2.54. The molecule has 0 fully saturated rings. The third-order valence-electron chi connectivity index (χ3n) is 4.58. The van der Waals surface area contributed by atoms with Crippen molar-refractivity contribution in [1.82, 2.24) is 0 Å². The van der Waals surface area contributed by atoms with E-state index in [1.165, 1.54) is 32.6 Å². The monoisotopic (exact) mass is 310 g/mol. The van der Waals surface area contributed by atoms with E-state index in [-0.39, 0.29) is 5.92 Å². The Bertz CT molecular complexity index is 367. The van der Waals surface area contributed by atoms with Gasteiger partial charge in [0.05, 0.1) is 0 Å². The smallest absolute Gasteiger partial charge is 0.321 e. The van der Waals surface area contributed by atoms with E-state index in [9.17, 15) is 9.59 Å². The summed E-state index contributed by atoms with van der Waals surface area (Å²) >= 11 is 0. The molecule has 1 atom stereocenters. The first-order chi connectivity index (χ1) is 10.4. The molecular weight excluding hydrogens is 280 g/mol. The summed E-state index contributed by atoms with van der Waals surface area (Å²) in [5, 5.41) is 18.3. The summed E-state index contributed by atoms with van der Waals surface area (Å²) in [7, 11) is 0. The van der Waals surface area contributed by atoms with Crippen LogP contribution >= 0.6 is 0 Å². The molecule has 0 aliphatic rings. The molecule has 0 saturated heterocycles. The third-order valence-corrected chi connectivity index (χ3v) is 4.58. The van der Waals surface area contributed by atoms with Crippen molar-refractivity contribution in [1.29, 1.82) is 0 Å². The molecule has 1 unspecified atom stereocenters. The summed E-state index contributed by atoms with van der Waals surface area (Å²) in [6.07, 6.45) is 15.6. The number of aliphatic carboxylic acids is 2. The van der Waals surface area contributed by atoms with Crippen LogP contribution in [-0.2, 0) is 9.59 Å². The van der Waals surface area contributed by atoms with Crippen molar-refractivity contribution in [3.63, 3.8) is 0 Å². The molecule has 0 radical (unpaired) electrons. The lowest BCUT2D eigenvalue weighted by atomic mass is 9.75. The van der Waals surface area contributed by atoms with Crippen molar-refractivity contribution in [2.75, 3.05) is 0 Å². The average molecular weight is 310 g/mol. The van der Waals surface area contributed by atoms with E-state index in [0.29, 0.717) is 6.42 Å². The van der Waals surface area contributed by atoms with Crippen molar-refractivity contribution < 1.29 is 19.8 Å². The van der Waals surface area contributed by atoms with Crippen molar-refractivity contribution >= 4 is 11.9 Å². The van der Waals surface area contributed by atoms with Crippen LogP contribution < -0.4 is 0 Å². The zero-order chi connectivity index (χ0) is 17.0. The Morgan fingerprint density at radius 3 is 1.77 bits per heavy atom. The van der Waals surface area contributed by atoms with E-state index in [1.807, 2.05) is 0 Å². The quantitative estimate of drug-likeness (QED) is 0.301. The summed E-state index contributed by atoms with van der Waals surface area (Å²) in [4.78, 5) is 22.4. The number of hydrogen-bond acceptors (Lipinski definition) is 2. The number of carboxylic acids is 2. The van der Waals surface area contributed by atoms with E-state index in [1.54, 1.807) is 6.92 Å². The summed E-state index contributed by atoms with van der Waals surface area (Å²) in [6.45, 7) is 3.02. The Morgan fingerprint density at radius 1 is 0.955 bits per heavy atom. The molecule has 0 aliphatic carbocycles. The first-order valence-corrected chi connectivity index (χ1v) is 8.27. The number of carboxylic acid groups (broad SMARTS) is 2. The van der Waals surface area contributed by atoms with Gasteiger partial charge in [0.25, 0.3) is 0 Å². The van der Waals surface area contributed by atoms with E-state index in [4.69, 9.17) is 16.6 Å². The zero-order valence-corrected chi connectivity index (χ0v) is 13.9. The Hall–Kier alpha value is -1.50. The number of terminal acetylenes is 1. The highest BCUT2D eigenvalue weighted by Crippen LogP contribution is 2.32. The molecule has 0 aromatic heterocycles. The molecule has 126 valence electrons. The lowest BCUT2D eigenvalue weighted by molar-refractivity contribution is -0.167. The Balaban J connectivity index is 3.77. The van der Waals surface area contributed by atoms with Crippen LogP contribution in [0.4, 0.5) is 0 Å². The lowest BCUT2D eigenvalue weighted by Gasteiger charge is -2.27. The normalized spacial score (nSPS) is 12.6. The molecule has 22 heavy (non-hydrogen) atoms. The summed E-state index contributed by atoms with van der Waals surface area (Å²) in [5.74, 6) is -0.229. The molecule has 4 heteroatoms. The van der Waals surface area contributed by atoms with Gasteiger partial charge in [-0.1, -0.05) is 51.9 Å². The molecule has 0 aromatic rings. The number of rotatable bonds is 13. The minimum atomic E-state index is -1.68. The molecule has 0 bridgehead atoms. The third kappa shape index (κ3) is 6.98. The zero-order valence-electron chi connectivity index (χ0n) is 13.9. The van der Waals surface area contributed by atoms with Crippen molar-refractivity contribution in [3.8, 4) is 12.3 Å². The predicted octanol–water partition coefficient (Wildman–Crippen LogP) is 4.33. The molecule has 2 N–H and O–H groups in total. The van der Waals surface area contributed by atoms with Crippen molar-refractivity contribution in [2.45, 2.75) is 78.1 Å². The fraction of sp³-hybridized carbons (Fsp3) is 0.778. The topological polar surface area (TPSA) is 74.6 Å². The molecule has 0 saturated carbocycles. The molecule has 4 nitrogen and oxygen atoms in total. The van der Waals surface area contributed by atoms with Crippen LogP contribution in [0.25, 0.3) is 0 Å². The van der Waals surface area contributed by atoms with Gasteiger partial charge in [0.15, 0.2) is 5.41 Å². The molecule has 0 aliphatic heterocycles. The Kier molecular flexibility index (Phi) is 10.4. The van der Waals surface area contributed by atoms with Crippen LogP contribution in [0.15, 0.2) is 0 Å². The summed E-state index contributed by atoms with van der Waals surface area (Å²) in [6, 6.07) is 0. The van der Waals surface area contributed by atoms with Crippen molar-refractivity contribution in [3.05, 3.63) is 0 Å². The van der Waals surface area contributed by atoms with Gasteiger partial charge in [0.1, 0.15) is 0 Å². The van der Waals surface area contributed by atoms with Gasteiger partial charge >= 0.3 is 11.9 Å². The second-order valence-electron chi connectivity index (χ2n) is 6.28. The van der Waals surface area contributed by atoms with Crippen LogP contribution in [0.2, 0.25) is 0 Å². The average Bonchev–Trinajstić information content (AvgIpc) is 2.47. The Morgan fingerprint density at radius 2 is 1.36 bits per heavy atom. The fourth-order valence-electron chi connectivity index (χ4n) is 2.54. The van der Waals surface area contributed by atoms with Gasteiger partial charge < -0.3 is 10.2 Å². The number of hydrogen-bond donors (Lipinski definition) is 2. The highest BCUT2D eigenvalue weighted by molar-refractivity contribution is 5.98. The second-order valence-corrected chi connectivity index (χ2v) is 6.28. The molecule has 0 rings (SSSR count). The van der Waals surface area contributed by atoms with Gasteiger partial charge in [-0.2, -0.15) is 0 Å². The van der Waals surface area contributed by atoms with E-state index < -0.39 is 17.4 Å². The summed E-state index contributed by atoms with van der Waals surface area (Å²) < 4.78 is 0. The molecule has 0 spiro atoms. The SMILES string of the molecule is C#CCCCCCCCCCCC(C)C(C)(C(=O)O)C(=O)O. The van der Waals surface area contributed by atoms with Gasteiger partial charge in [-0.25, -0.2) is 0 Å². The Labute approximate surface area is 134 Å². The number of unbranched alkanes of at least 4 members (excludes halogenated alkanes) is 8. The van der Waals surface area contributed by atoms with E-state index >= 15 is 0 Å². The minimum Gasteiger partial charge on any atom is -0.480 e. The maximum atomic E-state index is 11.2. The van der Waals surface area contributed by atoms with Gasteiger partial charge in [-0.3, -0.25) is 9.59 Å². The molecular formula is C18H30O4. The maximum Gasteiger partial charge on any atom is 0.321 e. The molecule has 0 heterocycles. The minimum absolute atomic E-state index is 0.369. The molecule has 0 amide bonds. The van der Waals surface area contributed by atoms with Crippen LogP contribution in [-0.4, -0.2) is 22.2 Å². The van der Waals surface area contributed by atoms with Gasteiger partial charge in [0, 0.05) is 6.42 Å². The lowest BCUT2D eigenvalue weighted by Crippen LogP contribution is -2.42. The second kappa shape index (κ2) is 11.1. The van der Waals surface area contributed by atoms with Gasteiger partial charge in [0.2, 0.25) is 0 Å². The summed E-state index contributed by atoms with van der Waals surface area (Å²) in [5.41, 5.74) is -1.68. The van der Waals surface area contributed by atoms with E-state index in [0.717, 1.165) is 32.1 Å². The van der Waals surface area contributed by atoms with Gasteiger partial charge in [-0.05, 0) is 25.7 Å². The van der Waals surface area contributed by atoms with Crippen LogP contribution in [0.3, 0.4) is 0 Å². The van der Waals surface area contributed by atoms with Crippen LogP contribution in [0.5, 0.6) is 0 Å². The van der Waals surface area contributed by atoms with Gasteiger partial charge in [-0.15, -0.1) is 12.3 Å². The van der Waals surface area contributed by atoms with Crippen LogP contribution in [0.1, 0.15) is 78.1 Å². The largest absolute Gasteiger partial charge is 0.480 e. The highest BCUT2D eigenvalue weighted by atomic mass is 16.4. The standard InChI is InChI=1S/C18H30O4/c1-4-5-6-7-8-9-10-11-12-13-14-15(2)18(3,16(19)20)17(21)22/h1,15H,5-14H2,2-3H3,(H,19,20)(H,21,22).